The number of nitriles is 1. The molecule has 1 aliphatic rings. The number of carbonyl (C=O) groups is 1. The molecular weight excluding hydrogens is 628 g/mol. The number of urea groups is 1. The molecule has 1 saturated carbocycles. The number of rotatable bonds is 10. The predicted molar refractivity (Wildman–Crippen MR) is 197 cm³/mol. The maximum Gasteiger partial charge on any atom is 0.326 e. The van der Waals surface area contributed by atoms with Crippen molar-refractivity contribution in [2.75, 3.05) is 16.8 Å². The molecule has 0 radical (unpaired) electrons. The summed E-state index contributed by atoms with van der Waals surface area (Å²) in [7, 11) is 3.59. The number of carbonyl (C=O) groups excluding carboxylic acids is 1. The van der Waals surface area contributed by atoms with E-state index in [1.165, 1.54) is 10.8 Å². The van der Waals surface area contributed by atoms with Crippen molar-refractivity contribution in [2.45, 2.75) is 44.7 Å². The van der Waals surface area contributed by atoms with E-state index in [0.717, 1.165) is 53.6 Å². The third-order valence-electron chi connectivity index (χ3n) is 9.03. The first-order valence-corrected chi connectivity index (χ1v) is 16.6. The Balaban J connectivity index is 1.17. The minimum Gasteiger partial charge on any atom is -0.351 e. The van der Waals surface area contributed by atoms with Crippen LogP contribution >= 0.6 is 0 Å². The van der Waals surface area contributed by atoms with Gasteiger partial charge >= 0.3 is 11.7 Å². The molecule has 5 aromatic rings. The molecule has 1 aliphatic carbocycles. The summed E-state index contributed by atoms with van der Waals surface area (Å²) < 4.78 is 3.31. The number of hydrogen-bond acceptors (Lipinski definition) is 7. The lowest BCUT2D eigenvalue weighted by atomic mass is 9.90. The van der Waals surface area contributed by atoms with E-state index >= 15 is 0 Å². The van der Waals surface area contributed by atoms with E-state index in [4.69, 9.17) is 4.98 Å². The number of nitrogens with one attached hydrogen (secondary N) is 3. The number of anilines is 2. The quantitative estimate of drug-likeness (QED) is 0.150. The lowest BCUT2D eigenvalue weighted by Gasteiger charge is -2.37. The summed E-state index contributed by atoms with van der Waals surface area (Å²) in [6.45, 7) is 6.11. The SMILES string of the molecule is C=C/C=C\C=C(/C)CNC(=O)N(c1ccc(-c2cnn(C)c2)cc1)[C@H]1CC[C@H](Nc2ncc(C#N)c(-c3ccc4c(c3)[nH]c(=O)n4C)n2)CC1. The zero-order valence-corrected chi connectivity index (χ0v) is 28.4. The van der Waals surface area contributed by atoms with E-state index in [0.29, 0.717) is 34.8 Å². The maximum absolute atomic E-state index is 13.8. The molecule has 0 bridgehead atoms. The highest BCUT2D eigenvalue weighted by atomic mass is 16.2. The molecule has 12 heteroatoms. The van der Waals surface area contributed by atoms with Crippen molar-refractivity contribution in [2.24, 2.45) is 14.1 Å². The van der Waals surface area contributed by atoms with Gasteiger partial charge in [0.1, 0.15) is 6.07 Å². The van der Waals surface area contributed by atoms with Crippen molar-refractivity contribution >= 4 is 28.7 Å². The van der Waals surface area contributed by atoms with Crippen molar-refractivity contribution in [1.29, 1.82) is 5.26 Å². The number of fused-ring (bicyclic) bond motifs is 1. The first-order valence-electron chi connectivity index (χ1n) is 16.6. The van der Waals surface area contributed by atoms with Gasteiger partial charge in [0.05, 0.1) is 34.7 Å². The van der Waals surface area contributed by atoms with Crippen molar-refractivity contribution in [1.82, 2.24) is 34.6 Å². The van der Waals surface area contributed by atoms with Crippen LogP contribution in [-0.2, 0) is 14.1 Å². The summed E-state index contributed by atoms with van der Waals surface area (Å²) in [5.41, 5.74) is 6.67. The van der Waals surface area contributed by atoms with Gasteiger partial charge in [0.25, 0.3) is 0 Å². The Morgan fingerprint density at radius 1 is 1.08 bits per heavy atom. The molecule has 0 spiro atoms. The first kappa shape index (κ1) is 33.7. The van der Waals surface area contributed by atoms with Gasteiger partial charge in [0, 0.05) is 55.7 Å². The molecule has 50 heavy (non-hydrogen) atoms. The number of benzene rings is 2. The van der Waals surface area contributed by atoms with Crippen LogP contribution in [0.25, 0.3) is 33.4 Å². The van der Waals surface area contributed by atoms with Crippen molar-refractivity contribution < 1.29 is 4.79 Å². The molecule has 3 N–H and O–H groups in total. The molecule has 6 rings (SSSR count). The standard InChI is InChI=1S/C38H40N10O2/c1-5-6-7-8-25(2)21-41-37(49)48(31-14-9-26(10-15-31)29-23-42-46(3)24-29)32-16-12-30(13-17-32)43-36-40-22-28(20-39)35(45-36)27-11-18-34-33(19-27)44-38(50)47(34)4/h5-11,14-15,18-19,22-24,30,32H,1,12-13,16-17,21H2,2-4H3,(H,41,49)(H,44,50)(H,40,43,45)/b7-6-,25-8+/t30-,32-. The van der Waals surface area contributed by atoms with Gasteiger partial charge in [-0.3, -0.25) is 14.1 Å². The number of allylic oxidation sites excluding steroid dienone is 4. The van der Waals surface area contributed by atoms with Crippen LogP contribution in [0.15, 0.2) is 102 Å². The predicted octanol–water partition coefficient (Wildman–Crippen LogP) is 6.22. The third kappa shape index (κ3) is 7.42. The Bertz CT molecular complexity index is 2170. The molecule has 3 aromatic heterocycles. The second-order valence-corrected chi connectivity index (χ2v) is 12.6. The smallest absolute Gasteiger partial charge is 0.326 e. The van der Waals surface area contributed by atoms with Crippen LogP contribution < -0.4 is 21.2 Å². The number of aromatic nitrogens is 6. The van der Waals surface area contributed by atoms with E-state index in [1.54, 1.807) is 17.8 Å². The van der Waals surface area contributed by atoms with Gasteiger partial charge in [-0.1, -0.05) is 54.7 Å². The Morgan fingerprint density at radius 2 is 1.84 bits per heavy atom. The summed E-state index contributed by atoms with van der Waals surface area (Å²) in [6, 6.07) is 15.7. The average Bonchev–Trinajstić information content (AvgIpc) is 3.69. The lowest BCUT2D eigenvalue weighted by molar-refractivity contribution is 0.241. The number of amides is 2. The summed E-state index contributed by atoms with van der Waals surface area (Å²) >= 11 is 0. The average molecular weight is 669 g/mol. The molecule has 3 heterocycles. The number of nitrogens with zero attached hydrogens (tertiary/aromatic N) is 7. The van der Waals surface area contributed by atoms with Crippen molar-refractivity contribution in [3.8, 4) is 28.5 Å². The Kier molecular flexibility index (Phi) is 10.0. The van der Waals surface area contributed by atoms with Crippen LogP contribution in [0.4, 0.5) is 16.4 Å². The normalized spacial score (nSPS) is 16.3. The van der Waals surface area contributed by atoms with Crippen molar-refractivity contribution in [3.05, 3.63) is 114 Å². The molecule has 2 amide bonds. The first-order chi connectivity index (χ1) is 24.2. The second-order valence-electron chi connectivity index (χ2n) is 12.6. The highest BCUT2D eigenvalue weighted by Crippen LogP contribution is 2.31. The topological polar surface area (TPSA) is 150 Å². The zero-order valence-electron chi connectivity index (χ0n) is 28.4. The highest BCUT2D eigenvalue weighted by molar-refractivity contribution is 5.93. The Morgan fingerprint density at radius 3 is 2.54 bits per heavy atom. The summed E-state index contributed by atoms with van der Waals surface area (Å²) in [5.74, 6) is 0.428. The Labute approximate surface area is 290 Å². The fourth-order valence-corrected chi connectivity index (χ4v) is 6.33. The lowest BCUT2D eigenvalue weighted by Crippen LogP contribution is -2.49. The van der Waals surface area contributed by atoms with Crippen LogP contribution in [0.3, 0.4) is 0 Å². The van der Waals surface area contributed by atoms with Crippen LogP contribution in [-0.4, -0.2) is 54.0 Å². The van der Waals surface area contributed by atoms with Crippen LogP contribution in [0.2, 0.25) is 0 Å². The molecule has 0 aliphatic heterocycles. The van der Waals surface area contributed by atoms with E-state index in [1.807, 2.05) is 92.0 Å². The van der Waals surface area contributed by atoms with Gasteiger partial charge in [0.15, 0.2) is 0 Å². The van der Waals surface area contributed by atoms with E-state index in [2.05, 4.69) is 38.3 Å². The largest absolute Gasteiger partial charge is 0.351 e. The molecule has 12 nitrogen and oxygen atoms in total. The summed E-state index contributed by atoms with van der Waals surface area (Å²) in [4.78, 5) is 39.8. The van der Waals surface area contributed by atoms with Gasteiger partial charge in [0.2, 0.25) is 5.95 Å². The molecule has 254 valence electrons. The fraction of sp³-hybridized carbons (Fsp3) is 0.263. The number of aromatic amines is 1. The Hall–Kier alpha value is -6.22. The number of hydrogen-bond donors (Lipinski definition) is 3. The van der Waals surface area contributed by atoms with Crippen LogP contribution in [0, 0.1) is 11.3 Å². The van der Waals surface area contributed by atoms with E-state index in [-0.39, 0.29) is 23.8 Å². The molecule has 0 saturated heterocycles. The molecular formula is C38H40N10O2. The summed E-state index contributed by atoms with van der Waals surface area (Å²) in [5, 5.41) is 20.7. The van der Waals surface area contributed by atoms with Gasteiger partial charge in [-0.25, -0.2) is 19.6 Å². The van der Waals surface area contributed by atoms with Gasteiger partial charge in [-0.2, -0.15) is 10.4 Å². The molecule has 0 unspecified atom stereocenters. The molecule has 2 aromatic carbocycles. The summed E-state index contributed by atoms with van der Waals surface area (Å²) in [6.07, 6.45) is 15.9. The second kappa shape index (κ2) is 14.9. The number of aryl methyl sites for hydroxylation is 2. The van der Waals surface area contributed by atoms with Gasteiger partial charge in [-0.05, 0) is 62.4 Å². The third-order valence-corrected chi connectivity index (χ3v) is 9.03. The van der Waals surface area contributed by atoms with Gasteiger partial charge < -0.3 is 15.6 Å². The maximum atomic E-state index is 13.8. The monoisotopic (exact) mass is 668 g/mol. The van der Waals surface area contributed by atoms with Gasteiger partial charge in [-0.15, -0.1) is 0 Å². The molecule has 1 fully saturated rings. The van der Waals surface area contributed by atoms with E-state index < -0.39 is 0 Å². The minimum absolute atomic E-state index is 0.0144. The zero-order chi connectivity index (χ0) is 35.2. The number of H-pyrrole nitrogens is 1. The number of imidazole rings is 1. The molecule has 0 atom stereocenters. The van der Waals surface area contributed by atoms with Crippen LogP contribution in [0.1, 0.15) is 38.2 Å². The van der Waals surface area contributed by atoms with Crippen molar-refractivity contribution in [3.63, 3.8) is 0 Å². The minimum atomic E-state index is -0.209. The highest BCUT2D eigenvalue weighted by Gasteiger charge is 2.30. The fourth-order valence-electron chi connectivity index (χ4n) is 6.33. The van der Waals surface area contributed by atoms with E-state index in [9.17, 15) is 14.9 Å². The van der Waals surface area contributed by atoms with Crippen LogP contribution in [0.5, 0.6) is 0 Å².